The molecule has 129 heavy (non-hydrogen) atoms. The highest BCUT2D eigenvalue weighted by molar-refractivity contribution is 5.93. The van der Waals surface area contributed by atoms with Crippen molar-refractivity contribution in [2.45, 2.75) is 109 Å². The van der Waals surface area contributed by atoms with Gasteiger partial charge >= 0.3 is 0 Å². The Bertz CT molecular complexity index is 6890. The molecule has 624 valence electrons. The van der Waals surface area contributed by atoms with Gasteiger partial charge in [0.1, 0.15) is 11.5 Å². The van der Waals surface area contributed by atoms with E-state index in [9.17, 15) is 0 Å². The normalized spacial score (nSPS) is 14.0. The first-order valence-electron chi connectivity index (χ1n) is 46.0. The Balaban J connectivity index is 0.575. The third-order valence-electron chi connectivity index (χ3n) is 28.6. The minimum atomic E-state index is -0.776. The van der Waals surface area contributed by atoms with Crippen LogP contribution in [0.15, 0.2) is 425 Å². The van der Waals surface area contributed by atoms with Crippen LogP contribution in [-0.2, 0) is 47.0 Å². The highest BCUT2D eigenvalue weighted by Crippen LogP contribution is 2.59. The zero-order valence-corrected chi connectivity index (χ0v) is 74.0. The van der Waals surface area contributed by atoms with Crippen molar-refractivity contribution in [2.24, 2.45) is 0 Å². The van der Waals surface area contributed by atoms with E-state index in [-0.39, 0.29) is 10.8 Å². The predicted molar refractivity (Wildman–Crippen MR) is 537 cm³/mol. The number of nitrogens with zero attached hydrogens (tertiary/aromatic N) is 2. The first-order valence-corrected chi connectivity index (χ1v) is 46.0. The van der Waals surface area contributed by atoms with Crippen molar-refractivity contribution < 1.29 is 9.47 Å². The molecule has 0 N–H and O–H groups in total. The number of hydrogen-bond donors (Lipinski definition) is 0. The summed E-state index contributed by atoms with van der Waals surface area (Å²) in [5.74, 6) is 2.44. The van der Waals surface area contributed by atoms with E-state index in [2.05, 4.69) is 476 Å². The minimum absolute atomic E-state index is 0.171. The van der Waals surface area contributed by atoms with Gasteiger partial charge in [0.25, 0.3) is 0 Å². The molecule has 0 aromatic heterocycles. The molecule has 0 fully saturated rings. The van der Waals surface area contributed by atoms with E-state index in [0.717, 1.165) is 91.8 Å². The molecular formula is C125H102N2O2. The van der Waals surface area contributed by atoms with Crippen LogP contribution in [0.1, 0.15) is 144 Å². The number of aryl methyl sites for hydroxylation is 2. The lowest BCUT2D eigenvalue weighted by Crippen LogP contribution is -2.28. The maximum absolute atomic E-state index is 6.82. The summed E-state index contributed by atoms with van der Waals surface area (Å²) < 4.78 is 13.2. The zero-order chi connectivity index (χ0) is 86.9. The second-order valence-corrected chi connectivity index (χ2v) is 36.9. The predicted octanol–water partition coefficient (Wildman–Crippen LogP) is 33.2. The van der Waals surface area contributed by atoms with Crippen LogP contribution in [0.3, 0.4) is 0 Å². The molecule has 18 aromatic rings. The van der Waals surface area contributed by atoms with Crippen LogP contribution in [0.2, 0.25) is 0 Å². The highest BCUT2D eigenvalue weighted by Gasteiger charge is 2.47. The van der Waals surface area contributed by atoms with Gasteiger partial charge in [0.05, 0.1) is 18.6 Å². The molecule has 0 spiro atoms. The summed E-state index contributed by atoms with van der Waals surface area (Å²) in [6, 6.07) is 158. The van der Waals surface area contributed by atoms with Gasteiger partial charge in [-0.1, -0.05) is 357 Å². The van der Waals surface area contributed by atoms with Crippen LogP contribution in [0.5, 0.6) is 11.5 Å². The molecule has 2 atom stereocenters. The molecule has 22 rings (SSSR count). The fourth-order valence-electron chi connectivity index (χ4n) is 21.4. The van der Waals surface area contributed by atoms with Gasteiger partial charge in [0.2, 0.25) is 0 Å². The van der Waals surface area contributed by atoms with Gasteiger partial charge in [-0.2, -0.15) is 0 Å². The Morgan fingerprint density at radius 1 is 0.271 bits per heavy atom. The van der Waals surface area contributed by atoms with Crippen molar-refractivity contribution >= 4 is 34.1 Å². The summed E-state index contributed by atoms with van der Waals surface area (Å²) in [7, 11) is 0. The van der Waals surface area contributed by atoms with Crippen molar-refractivity contribution in [3.63, 3.8) is 0 Å². The first kappa shape index (κ1) is 80.2. The summed E-state index contributed by atoms with van der Waals surface area (Å²) in [5.41, 5.74) is 43.2. The Morgan fingerprint density at radius 3 is 1.05 bits per heavy atom. The lowest BCUT2D eigenvalue weighted by Gasteiger charge is -2.34. The first-order chi connectivity index (χ1) is 63.2. The van der Waals surface area contributed by atoms with Crippen molar-refractivity contribution in [2.75, 3.05) is 9.80 Å². The molecule has 0 saturated carbocycles. The standard InChI is InChI=1S/C125H102N2O2/c1-7-86(75-83(2)87-37-39-93(40-38-87)97-43-41-94-42-44-98(94)76-97)90-35-31-84(32-36-90)81-128-82-85-33-67-109(68-34-85)129-110-69-55-102(56-70-110)125(101-25-15-10-16-26-101)121-77-99(95-49-61-105(62-50-95)126(103-57-45-91(46-58-103)88-21-11-8-12-22-88)107-65-73-113-111-27-17-19-29-117(111)123(3,4)119(113)79-107)53-71-115(121)116-72-54-100(78-122(116)125)96-51-63-106(64-52-96)127(104-59-47-92(48-60-104)89-23-13-9-14-24-89)108-66-74-114-112-28-18-20-30-118(112)124(5,6)120(114)80-108/h8-41,43,45-74,76-80,83,86H,7,42,44,75,81-82H2,1-6H3. The monoisotopic (exact) mass is 1660 g/mol. The van der Waals surface area contributed by atoms with Crippen LogP contribution in [0.25, 0.3) is 89.0 Å². The molecule has 4 nitrogen and oxygen atoms in total. The van der Waals surface area contributed by atoms with Crippen LogP contribution in [0.4, 0.5) is 34.1 Å². The van der Waals surface area contributed by atoms with Crippen molar-refractivity contribution in [3.8, 4) is 101 Å². The molecule has 0 bridgehead atoms. The SMILES string of the molecule is CCC(CC(C)c1ccc(-c2ccc3c(c2)CC3)cc1)c1ccc(COCc2ccc(Oc3ccc(C4(c5ccccc5)c5cc(-c6ccc(N(c7ccc(-c8ccccc8)cc7)c7ccc8c(c7)C(C)(C)c7ccccc7-8)cc6)ccc5-c5ccc(-c6ccc(N(c7ccc(-c8ccccc8)cc7)c7ccc8c(c7)C(C)(C)c7ccccc7-8)cc6)cc54)cc3)cc2)cc1. The number of anilines is 6. The van der Waals surface area contributed by atoms with Crippen LogP contribution in [-0.4, -0.2) is 0 Å². The number of fused-ring (bicyclic) bond motifs is 10. The maximum atomic E-state index is 6.82. The smallest absolute Gasteiger partial charge is 0.127 e. The van der Waals surface area contributed by atoms with E-state index in [1.807, 2.05) is 0 Å². The summed E-state index contributed by atoms with van der Waals surface area (Å²) >= 11 is 0. The van der Waals surface area contributed by atoms with E-state index < -0.39 is 5.41 Å². The Hall–Kier alpha value is -14.7. The van der Waals surface area contributed by atoms with E-state index in [1.165, 1.54) is 146 Å². The largest absolute Gasteiger partial charge is 0.457 e. The van der Waals surface area contributed by atoms with Crippen LogP contribution < -0.4 is 14.5 Å². The molecule has 0 saturated heterocycles. The molecule has 0 amide bonds. The van der Waals surface area contributed by atoms with Gasteiger partial charge in [-0.3, -0.25) is 0 Å². The average molecular weight is 1660 g/mol. The topological polar surface area (TPSA) is 24.9 Å². The summed E-state index contributed by atoms with van der Waals surface area (Å²) in [5, 5.41) is 0. The summed E-state index contributed by atoms with van der Waals surface area (Å²) in [6.07, 6.45) is 4.62. The molecule has 0 aliphatic heterocycles. The molecule has 4 heteroatoms. The molecule has 18 aromatic carbocycles. The number of benzene rings is 18. The fraction of sp³-hybridized carbons (Fsp3) is 0.136. The van der Waals surface area contributed by atoms with Crippen molar-refractivity contribution in [1.82, 2.24) is 0 Å². The third kappa shape index (κ3) is 14.7. The molecule has 4 aliphatic carbocycles. The summed E-state index contributed by atoms with van der Waals surface area (Å²) in [4.78, 5) is 4.85. The minimum Gasteiger partial charge on any atom is -0.457 e. The third-order valence-corrected chi connectivity index (χ3v) is 28.6. The molecule has 0 heterocycles. The van der Waals surface area contributed by atoms with E-state index >= 15 is 0 Å². The van der Waals surface area contributed by atoms with Gasteiger partial charge in [0.15, 0.2) is 0 Å². The Labute approximate surface area is 759 Å². The number of rotatable bonds is 24. The van der Waals surface area contributed by atoms with Crippen LogP contribution in [0, 0.1) is 0 Å². The van der Waals surface area contributed by atoms with Crippen molar-refractivity contribution in [3.05, 3.63) is 503 Å². The fourth-order valence-corrected chi connectivity index (χ4v) is 21.4. The van der Waals surface area contributed by atoms with Crippen LogP contribution >= 0.6 is 0 Å². The van der Waals surface area contributed by atoms with Gasteiger partial charge < -0.3 is 19.3 Å². The molecular weight excluding hydrogens is 1560 g/mol. The summed E-state index contributed by atoms with van der Waals surface area (Å²) in [6.45, 7) is 15.2. The lowest BCUT2D eigenvalue weighted by molar-refractivity contribution is 0.107. The van der Waals surface area contributed by atoms with E-state index in [1.54, 1.807) is 0 Å². The quantitative estimate of drug-likeness (QED) is 0.0602. The van der Waals surface area contributed by atoms with Gasteiger partial charge in [0, 0.05) is 45.0 Å². The Morgan fingerprint density at radius 2 is 0.605 bits per heavy atom. The maximum Gasteiger partial charge on any atom is 0.127 e. The second kappa shape index (κ2) is 33.3. The molecule has 0 radical (unpaired) electrons. The number of hydrogen-bond acceptors (Lipinski definition) is 4. The van der Waals surface area contributed by atoms with Gasteiger partial charge in [-0.25, -0.2) is 0 Å². The molecule has 4 aliphatic rings. The lowest BCUT2D eigenvalue weighted by atomic mass is 9.67. The van der Waals surface area contributed by atoms with E-state index in [0.29, 0.717) is 25.0 Å². The molecule has 2 unspecified atom stereocenters. The Kier molecular flexibility index (Phi) is 20.7. The van der Waals surface area contributed by atoms with Gasteiger partial charge in [-0.15, -0.1) is 0 Å². The van der Waals surface area contributed by atoms with Gasteiger partial charge in [-0.05, 0) is 314 Å². The second-order valence-electron chi connectivity index (χ2n) is 36.9. The number of ether oxygens (including phenoxy) is 2. The zero-order valence-electron chi connectivity index (χ0n) is 74.0. The average Bonchev–Trinajstić information content (AvgIpc) is 1.53. The van der Waals surface area contributed by atoms with Crippen molar-refractivity contribution in [1.29, 1.82) is 0 Å². The highest BCUT2D eigenvalue weighted by atomic mass is 16.5. The van der Waals surface area contributed by atoms with E-state index in [4.69, 9.17) is 9.47 Å².